The van der Waals surface area contributed by atoms with E-state index in [0.29, 0.717) is 6.54 Å². The number of pyridine rings is 1. The minimum atomic E-state index is 0. The Morgan fingerprint density at radius 1 is 1.20 bits per heavy atom. The summed E-state index contributed by atoms with van der Waals surface area (Å²) in [4.78, 5) is 6.79. The van der Waals surface area contributed by atoms with E-state index in [1.165, 1.54) is 12.8 Å². The van der Waals surface area contributed by atoms with Crippen molar-refractivity contribution in [3.8, 4) is 0 Å². The van der Waals surface area contributed by atoms with E-state index < -0.39 is 0 Å². The summed E-state index contributed by atoms with van der Waals surface area (Å²) in [6, 6.07) is 6.06. The van der Waals surface area contributed by atoms with Gasteiger partial charge < -0.3 is 10.6 Å². The largest absolute Gasteiger partial charge is 0.357 e. The van der Waals surface area contributed by atoms with Crippen LogP contribution in [0.15, 0.2) is 18.2 Å². The summed E-state index contributed by atoms with van der Waals surface area (Å²) >= 11 is 0. The van der Waals surface area contributed by atoms with Gasteiger partial charge >= 0.3 is 0 Å². The van der Waals surface area contributed by atoms with Crippen LogP contribution >= 0.6 is 24.8 Å². The molecule has 86 valence electrons. The minimum Gasteiger partial charge on any atom is -0.357 e. The molecule has 1 aromatic rings. The average Bonchev–Trinajstić information content (AvgIpc) is 2.71. The number of nitrogens with zero attached hydrogens (tertiary/aromatic N) is 2. The summed E-state index contributed by atoms with van der Waals surface area (Å²) in [5.74, 6) is 1.08. The molecule has 0 spiro atoms. The van der Waals surface area contributed by atoms with Crippen LogP contribution in [0, 0.1) is 0 Å². The van der Waals surface area contributed by atoms with Crippen molar-refractivity contribution in [1.29, 1.82) is 0 Å². The van der Waals surface area contributed by atoms with E-state index in [1.807, 2.05) is 12.1 Å². The van der Waals surface area contributed by atoms with E-state index in [4.69, 9.17) is 5.73 Å². The number of anilines is 1. The van der Waals surface area contributed by atoms with Gasteiger partial charge in [0.15, 0.2) is 0 Å². The highest BCUT2D eigenvalue weighted by molar-refractivity contribution is 5.85. The first-order chi connectivity index (χ1) is 6.40. The predicted octanol–water partition coefficient (Wildman–Crippen LogP) is 1.98. The van der Waals surface area contributed by atoms with Gasteiger partial charge in [-0.2, -0.15) is 0 Å². The Morgan fingerprint density at radius 2 is 1.87 bits per heavy atom. The van der Waals surface area contributed by atoms with Gasteiger partial charge in [0.05, 0.1) is 5.69 Å². The van der Waals surface area contributed by atoms with E-state index in [1.54, 1.807) is 0 Å². The zero-order valence-corrected chi connectivity index (χ0v) is 10.2. The normalized spacial score (nSPS) is 14.3. The van der Waals surface area contributed by atoms with Gasteiger partial charge in [-0.25, -0.2) is 4.98 Å². The lowest BCUT2D eigenvalue weighted by molar-refractivity contribution is 0.906. The first-order valence-electron chi connectivity index (χ1n) is 4.81. The van der Waals surface area contributed by atoms with Crippen LogP contribution in [0.5, 0.6) is 0 Å². The molecule has 2 heterocycles. The van der Waals surface area contributed by atoms with Gasteiger partial charge in [0.1, 0.15) is 5.82 Å². The SMILES string of the molecule is Cl.Cl.NCc1cccc(N2CCCC2)n1. The van der Waals surface area contributed by atoms with Gasteiger partial charge in [0.2, 0.25) is 0 Å². The molecule has 1 aromatic heterocycles. The summed E-state index contributed by atoms with van der Waals surface area (Å²) in [7, 11) is 0. The van der Waals surface area contributed by atoms with Crippen LogP contribution in [0.3, 0.4) is 0 Å². The topological polar surface area (TPSA) is 42.1 Å². The number of rotatable bonds is 2. The van der Waals surface area contributed by atoms with Gasteiger partial charge in [0, 0.05) is 19.6 Å². The van der Waals surface area contributed by atoms with Crippen LogP contribution < -0.4 is 10.6 Å². The van der Waals surface area contributed by atoms with E-state index in [9.17, 15) is 0 Å². The Balaban J connectivity index is 0.000000980. The molecule has 0 saturated carbocycles. The third kappa shape index (κ3) is 3.52. The molecule has 1 aliphatic rings. The van der Waals surface area contributed by atoms with E-state index >= 15 is 0 Å². The molecule has 0 aromatic carbocycles. The maximum atomic E-state index is 5.54. The molecular weight excluding hydrogens is 233 g/mol. The molecule has 5 heteroatoms. The number of aromatic nitrogens is 1. The Morgan fingerprint density at radius 3 is 2.47 bits per heavy atom. The summed E-state index contributed by atoms with van der Waals surface area (Å²) in [5, 5.41) is 0. The van der Waals surface area contributed by atoms with Crippen molar-refractivity contribution in [2.75, 3.05) is 18.0 Å². The molecule has 15 heavy (non-hydrogen) atoms. The molecule has 3 nitrogen and oxygen atoms in total. The lowest BCUT2D eigenvalue weighted by Gasteiger charge is -2.16. The molecule has 2 N–H and O–H groups in total. The predicted molar refractivity (Wildman–Crippen MR) is 68.1 cm³/mol. The molecule has 1 aliphatic heterocycles. The Bertz CT molecular complexity index is 288. The molecule has 0 atom stereocenters. The summed E-state index contributed by atoms with van der Waals surface area (Å²) in [6.45, 7) is 2.81. The molecular formula is C10H17Cl2N3. The highest BCUT2D eigenvalue weighted by Crippen LogP contribution is 2.17. The van der Waals surface area contributed by atoms with Crippen LogP contribution in [0.4, 0.5) is 5.82 Å². The lowest BCUT2D eigenvalue weighted by Crippen LogP contribution is -2.19. The lowest BCUT2D eigenvalue weighted by atomic mass is 10.3. The Kier molecular flexibility index (Phi) is 6.65. The first kappa shape index (κ1) is 14.5. The van der Waals surface area contributed by atoms with Crippen molar-refractivity contribution in [2.45, 2.75) is 19.4 Å². The Labute approximate surface area is 103 Å². The van der Waals surface area contributed by atoms with Crippen molar-refractivity contribution in [3.63, 3.8) is 0 Å². The smallest absolute Gasteiger partial charge is 0.128 e. The quantitative estimate of drug-likeness (QED) is 0.872. The first-order valence-corrected chi connectivity index (χ1v) is 4.81. The third-order valence-electron chi connectivity index (χ3n) is 2.43. The summed E-state index contributed by atoms with van der Waals surface area (Å²) in [6.07, 6.45) is 2.57. The zero-order valence-electron chi connectivity index (χ0n) is 8.56. The summed E-state index contributed by atoms with van der Waals surface area (Å²) < 4.78 is 0. The van der Waals surface area contributed by atoms with Crippen molar-refractivity contribution < 1.29 is 0 Å². The van der Waals surface area contributed by atoms with Crippen LogP contribution in [0.2, 0.25) is 0 Å². The second-order valence-corrected chi connectivity index (χ2v) is 3.39. The summed E-state index contributed by atoms with van der Waals surface area (Å²) in [5.41, 5.74) is 6.51. The second-order valence-electron chi connectivity index (χ2n) is 3.39. The van der Waals surface area contributed by atoms with Crippen LogP contribution in [0.1, 0.15) is 18.5 Å². The molecule has 0 bridgehead atoms. The molecule has 0 amide bonds. The number of nitrogens with two attached hydrogens (primary N) is 1. The van der Waals surface area contributed by atoms with Crippen molar-refractivity contribution >= 4 is 30.6 Å². The molecule has 0 aliphatic carbocycles. The fourth-order valence-corrected chi connectivity index (χ4v) is 1.70. The number of hydrogen-bond donors (Lipinski definition) is 1. The highest BCUT2D eigenvalue weighted by atomic mass is 35.5. The minimum absolute atomic E-state index is 0. The van der Waals surface area contributed by atoms with Gasteiger partial charge in [-0.1, -0.05) is 6.07 Å². The van der Waals surface area contributed by atoms with E-state index in [2.05, 4.69) is 16.0 Å². The number of halogens is 2. The van der Waals surface area contributed by atoms with E-state index in [-0.39, 0.29) is 24.8 Å². The average molecular weight is 250 g/mol. The maximum absolute atomic E-state index is 5.54. The monoisotopic (exact) mass is 249 g/mol. The molecule has 0 radical (unpaired) electrons. The van der Waals surface area contributed by atoms with Crippen LogP contribution in [-0.4, -0.2) is 18.1 Å². The van der Waals surface area contributed by atoms with Crippen LogP contribution in [-0.2, 0) is 6.54 Å². The molecule has 1 fully saturated rings. The molecule has 0 unspecified atom stereocenters. The second kappa shape index (κ2) is 6.88. The maximum Gasteiger partial charge on any atom is 0.128 e. The zero-order chi connectivity index (χ0) is 9.10. The van der Waals surface area contributed by atoms with Gasteiger partial charge in [0.25, 0.3) is 0 Å². The standard InChI is InChI=1S/C10H15N3.2ClH/c11-8-9-4-3-5-10(12-9)13-6-1-2-7-13;;/h3-5H,1-2,6-8,11H2;2*1H. The van der Waals surface area contributed by atoms with Gasteiger partial charge in [-0.05, 0) is 25.0 Å². The van der Waals surface area contributed by atoms with Crippen molar-refractivity contribution in [1.82, 2.24) is 4.98 Å². The fraction of sp³-hybridized carbons (Fsp3) is 0.500. The molecule has 2 rings (SSSR count). The van der Waals surface area contributed by atoms with Crippen molar-refractivity contribution in [3.05, 3.63) is 23.9 Å². The van der Waals surface area contributed by atoms with E-state index in [0.717, 1.165) is 24.6 Å². The third-order valence-corrected chi connectivity index (χ3v) is 2.43. The molecule has 1 saturated heterocycles. The van der Waals surface area contributed by atoms with Crippen LogP contribution in [0.25, 0.3) is 0 Å². The number of hydrogen-bond acceptors (Lipinski definition) is 3. The van der Waals surface area contributed by atoms with Crippen molar-refractivity contribution in [2.24, 2.45) is 5.73 Å². The Hall–Kier alpha value is -0.510. The van der Waals surface area contributed by atoms with Gasteiger partial charge in [-0.3, -0.25) is 0 Å². The highest BCUT2D eigenvalue weighted by Gasteiger charge is 2.12. The van der Waals surface area contributed by atoms with Gasteiger partial charge in [-0.15, -0.1) is 24.8 Å². The fourth-order valence-electron chi connectivity index (χ4n) is 1.70.